The Kier molecular flexibility index (Phi) is 5.20. The third-order valence-corrected chi connectivity index (χ3v) is 4.56. The molecule has 0 radical (unpaired) electrons. The first kappa shape index (κ1) is 15.5. The summed E-state index contributed by atoms with van der Waals surface area (Å²) < 4.78 is 0. The fourth-order valence-corrected chi connectivity index (χ4v) is 2.93. The number of hydrogen-bond donors (Lipinski definition) is 2. The first-order valence-corrected chi connectivity index (χ1v) is 7.40. The van der Waals surface area contributed by atoms with E-state index in [1.807, 2.05) is 0 Å². The van der Waals surface area contributed by atoms with Gasteiger partial charge in [0, 0.05) is 13.1 Å². The molecular weight excluding hydrogens is 224 g/mol. The Hall–Kier alpha value is -0.570. The van der Waals surface area contributed by atoms with E-state index >= 15 is 0 Å². The molecule has 1 aliphatic rings. The van der Waals surface area contributed by atoms with Crippen molar-refractivity contribution in [1.29, 1.82) is 0 Å². The van der Waals surface area contributed by atoms with E-state index in [9.17, 15) is 4.79 Å². The number of nitrogens with two attached hydrogens (primary N) is 1. The second-order valence-corrected chi connectivity index (χ2v) is 6.58. The zero-order valence-corrected chi connectivity index (χ0v) is 12.5. The highest BCUT2D eigenvalue weighted by Crippen LogP contribution is 2.51. The third kappa shape index (κ3) is 3.47. The highest BCUT2D eigenvalue weighted by Gasteiger charge is 2.46. The van der Waals surface area contributed by atoms with Crippen LogP contribution in [0.2, 0.25) is 0 Å². The quantitative estimate of drug-likeness (QED) is 0.699. The summed E-state index contributed by atoms with van der Waals surface area (Å²) in [5, 5.41) is 3.14. The molecule has 0 saturated heterocycles. The van der Waals surface area contributed by atoms with Gasteiger partial charge >= 0.3 is 0 Å². The Bertz CT molecular complexity index is 280. The van der Waals surface area contributed by atoms with E-state index in [4.69, 9.17) is 5.73 Å². The maximum absolute atomic E-state index is 12.4. The standard InChI is InChI=1S/C15H30N2O/c1-5-7-15(11-16,8-6-2)13(18)17-10-12-9-14(12,3)4/h12H,5-11,16H2,1-4H3,(H,17,18). The van der Waals surface area contributed by atoms with Crippen molar-refractivity contribution in [3.8, 4) is 0 Å². The molecule has 3 heteroatoms. The number of carbonyl (C=O) groups is 1. The van der Waals surface area contributed by atoms with E-state index < -0.39 is 0 Å². The van der Waals surface area contributed by atoms with Crippen LogP contribution in [0.4, 0.5) is 0 Å². The second-order valence-electron chi connectivity index (χ2n) is 6.58. The first-order chi connectivity index (χ1) is 8.41. The first-order valence-electron chi connectivity index (χ1n) is 7.40. The lowest BCUT2D eigenvalue weighted by Crippen LogP contribution is -2.46. The van der Waals surface area contributed by atoms with Crippen molar-refractivity contribution in [3.63, 3.8) is 0 Å². The summed E-state index contributed by atoms with van der Waals surface area (Å²) in [7, 11) is 0. The van der Waals surface area contributed by atoms with Gasteiger partial charge in [-0.15, -0.1) is 0 Å². The number of rotatable bonds is 8. The molecule has 0 aromatic rings. The summed E-state index contributed by atoms with van der Waals surface area (Å²) in [6.45, 7) is 10.1. The molecule has 1 saturated carbocycles. The summed E-state index contributed by atoms with van der Waals surface area (Å²) in [6.07, 6.45) is 5.05. The SMILES string of the molecule is CCCC(CN)(CCC)C(=O)NCC1CC1(C)C. The third-order valence-electron chi connectivity index (χ3n) is 4.56. The molecule has 1 unspecified atom stereocenters. The molecule has 3 nitrogen and oxygen atoms in total. The molecule has 0 spiro atoms. The van der Waals surface area contributed by atoms with Crippen LogP contribution in [0, 0.1) is 16.7 Å². The van der Waals surface area contributed by atoms with Crippen LogP contribution in [0.1, 0.15) is 59.8 Å². The van der Waals surface area contributed by atoms with Gasteiger partial charge in [-0.3, -0.25) is 4.79 Å². The van der Waals surface area contributed by atoms with Crippen molar-refractivity contribution < 1.29 is 4.79 Å². The predicted molar refractivity (Wildman–Crippen MR) is 76.2 cm³/mol. The minimum atomic E-state index is -0.331. The Morgan fingerprint density at radius 1 is 1.33 bits per heavy atom. The van der Waals surface area contributed by atoms with E-state index in [0.717, 1.165) is 32.2 Å². The number of amides is 1. The smallest absolute Gasteiger partial charge is 0.227 e. The van der Waals surface area contributed by atoms with Crippen molar-refractivity contribution in [2.75, 3.05) is 13.1 Å². The van der Waals surface area contributed by atoms with Crippen molar-refractivity contribution in [1.82, 2.24) is 5.32 Å². The molecule has 0 aromatic carbocycles. The van der Waals surface area contributed by atoms with Crippen LogP contribution in [0.15, 0.2) is 0 Å². The molecule has 1 atom stereocenters. The molecule has 1 amide bonds. The molecule has 3 N–H and O–H groups in total. The maximum atomic E-state index is 12.4. The summed E-state index contributed by atoms with van der Waals surface area (Å²) in [6, 6.07) is 0. The van der Waals surface area contributed by atoms with Gasteiger partial charge in [-0.25, -0.2) is 0 Å². The Balaban J connectivity index is 2.53. The van der Waals surface area contributed by atoms with E-state index in [1.165, 1.54) is 6.42 Å². The van der Waals surface area contributed by atoms with E-state index in [1.54, 1.807) is 0 Å². The maximum Gasteiger partial charge on any atom is 0.227 e. The summed E-state index contributed by atoms with van der Waals surface area (Å²) in [4.78, 5) is 12.4. The molecule has 18 heavy (non-hydrogen) atoms. The molecule has 1 aliphatic carbocycles. The number of hydrogen-bond acceptors (Lipinski definition) is 2. The van der Waals surface area contributed by atoms with Crippen LogP contribution < -0.4 is 11.1 Å². The average molecular weight is 254 g/mol. The highest BCUT2D eigenvalue weighted by molar-refractivity contribution is 5.82. The van der Waals surface area contributed by atoms with Gasteiger partial charge in [0.15, 0.2) is 0 Å². The largest absolute Gasteiger partial charge is 0.355 e. The molecule has 0 heterocycles. The van der Waals surface area contributed by atoms with E-state index in [2.05, 4.69) is 33.0 Å². The predicted octanol–water partition coefficient (Wildman–Crippen LogP) is 2.69. The highest BCUT2D eigenvalue weighted by atomic mass is 16.2. The van der Waals surface area contributed by atoms with E-state index in [0.29, 0.717) is 17.9 Å². The van der Waals surface area contributed by atoms with E-state index in [-0.39, 0.29) is 11.3 Å². The normalized spacial score (nSPS) is 21.7. The molecule has 1 rings (SSSR count). The minimum absolute atomic E-state index is 0.177. The number of nitrogens with one attached hydrogen (secondary N) is 1. The van der Waals surface area contributed by atoms with Crippen LogP contribution in [0.5, 0.6) is 0 Å². The summed E-state index contributed by atoms with van der Waals surface area (Å²) in [5.74, 6) is 0.830. The van der Waals surface area contributed by atoms with Crippen LogP contribution in [0.25, 0.3) is 0 Å². The summed E-state index contributed by atoms with van der Waals surface area (Å²) >= 11 is 0. The van der Waals surface area contributed by atoms with Crippen LogP contribution >= 0.6 is 0 Å². The van der Waals surface area contributed by atoms with Gasteiger partial charge < -0.3 is 11.1 Å². The molecule has 106 valence electrons. The second kappa shape index (κ2) is 6.05. The van der Waals surface area contributed by atoms with Gasteiger partial charge in [-0.1, -0.05) is 40.5 Å². The van der Waals surface area contributed by atoms with Gasteiger partial charge in [0.2, 0.25) is 5.91 Å². The molecule has 0 aromatic heterocycles. The topological polar surface area (TPSA) is 55.1 Å². The monoisotopic (exact) mass is 254 g/mol. The van der Waals surface area contributed by atoms with Gasteiger partial charge in [0.05, 0.1) is 5.41 Å². The van der Waals surface area contributed by atoms with Gasteiger partial charge in [0.1, 0.15) is 0 Å². The van der Waals surface area contributed by atoms with Crippen molar-refractivity contribution in [3.05, 3.63) is 0 Å². The zero-order chi connectivity index (χ0) is 13.8. The molecule has 0 bridgehead atoms. The minimum Gasteiger partial charge on any atom is -0.355 e. The Morgan fingerprint density at radius 3 is 2.17 bits per heavy atom. The van der Waals surface area contributed by atoms with Crippen LogP contribution in [-0.2, 0) is 4.79 Å². The molecule has 1 fully saturated rings. The lowest BCUT2D eigenvalue weighted by molar-refractivity contribution is -0.131. The fourth-order valence-electron chi connectivity index (χ4n) is 2.93. The van der Waals surface area contributed by atoms with Gasteiger partial charge in [-0.2, -0.15) is 0 Å². The Morgan fingerprint density at radius 2 is 1.83 bits per heavy atom. The summed E-state index contributed by atoms with van der Waals surface area (Å²) in [5.41, 5.74) is 5.99. The van der Waals surface area contributed by atoms with Gasteiger partial charge in [0.25, 0.3) is 0 Å². The number of carbonyl (C=O) groups excluding carboxylic acids is 1. The van der Waals surface area contributed by atoms with Crippen molar-refractivity contribution in [2.45, 2.75) is 59.8 Å². The Labute approximate surface area is 112 Å². The molecule has 0 aliphatic heterocycles. The average Bonchev–Trinajstić information content (AvgIpc) is 2.93. The van der Waals surface area contributed by atoms with Crippen molar-refractivity contribution in [2.24, 2.45) is 22.5 Å². The van der Waals surface area contributed by atoms with Gasteiger partial charge in [-0.05, 0) is 30.6 Å². The van der Waals surface area contributed by atoms with Crippen LogP contribution in [-0.4, -0.2) is 19.0 Å². The lowest BCUT2D eigenvalue weighted by atomic mass is 9.78. The van der Waals surface area contributed by atoms with Crippen LogP contribution in [0.3, 0.4) is 0 Å². The zero-order valence-electron chi connectivity index (χ0n) is 12.5. The lowest BCUT2D eigenvalue weighted by Gasteiger charge is -2.30. The molecular formula is C15H30N2O. The van der Waals surface area contributed by atoms with Crippen molar-refractivity contribution >= 4 is 5.91 Å². The fraction of sp³-hybridized carbons (Fsp3) is 0.933.